The molecule has 0 spiro atoms. The highest BCUT2D eigenvalue weighted by Gasteiger charge is 2.47. The summed E-state index contributed by atoms with van der Waals surface area (Å²) in [6.07, 6.45) is 1.96. The van der Waals surface area contributed by atoms with E-state index < -0.39 is 11.4 Å². The molecule has 1 aliphatic rings. The van der Waals surface area contributed by atoms with Crippen LogP contribution in [-0.2, 0) is 4.79 Å². The molecule has 5 nitrogen and oxygen atoms in total. The van der Waals surface area contributed by atoms with E-state index in [1.165, 1.54) is 11.9 Å². The Kier molecular flexibility index (Phi) is 3.12. The van der Waals surface area contributed by atoms with Crippen LogP contribution in [0.1, 0.15) is 33.1 Å². The molecule has 1 aliphatic heterocycles. The van der Waals surface area contributed by atoms with Crippen LogP contribution in [0.4, 0.5) is 4.79 Å². The Bertz CT molecular complexity index is 314. The van der Waals surface area contributed by atoms with E-state index in [1.807, 2.05) is 13.8 Å². The van der Waals surface area contributed by atoms with Gasteiger partial charge in [-0.2, -0.15) is 0 Å². The number of hydrogen-bond donors (Lipinski definition) is 2. The summed E-state index contributed by atoms with van der Waals surface area (Å²) in [5.41, 5.74) is -0.822. The normalized spacial score (nSPS) is 26.9. The van der Waals surface area contributed by atoms with Crippen LogP contribution in [-0.4, -0.2) is 29.7 Å². The van der Waals surface area contributed by atoms with Crippen molar-refractivity contribution >= 4 is 17.8 Å². The van der Waals surface area contributed by atoms with E-state index in [-0.39, 0.29) is 11.7 Å². The van der Waals surface area contributed by atoms with Gasteiger partial charge in [-0.15, -0.1) is 0 Å². The van der Waals surface area contributed by atoms with Crippen LogP contribution >= 0.6 is 0 Å². The van der Waals surface area contributed by atoms with Gasteiger partial charge in [0.05, 0.1) is 0 Å². The molecule has 2 N–H and O–H groups in total. The summed E-state index contributed by atoms with van der Waals surface area (Å²) < 4.78 is 0. The second kappa shape index (κ2) is 4.00. The second-order valence-electron chi connectivity index (χ2n) is 3.85. The molecule has 0 radical (unpaired) electrons. The van der Waals surface area contributed by atoms with Crippen molar-refractivity contribution in [1.82, 2.24) is 10.2 Å². The predicted molar refractivity (Wildman–Crippen MR) is 56.7 cm³/mol. The predicted octanol–water partition coefficient (Wildman–Crippen LogP) is 1.34. The summed E-state index contributed by atoms with van der Waals surface area (Å²) in [5.74, 6) is -0.222. The zero-order valence-corrected chi connectivity index (χ0v) is 9.39. The van der Waals surface area contributed by atoms with Crippen LogP contribution in [0.5, 0.6) is 0 Å². The Morgan fingerprint density at radius 2 is 2.00 bits per heavy atom. The standard InChI is InChI=1S/C10H17N3O2/c1-4-6-10(5-2)7(11)13(3)9(15)12-8(10)14/h11H,4-6H2,1-3H3,(H,12,14,15)/t10-/m1/s1. The van der Waals surface area contributed by atoms with Gasteiger partial charge >= 0.3 is 6.03 Å². The summed E-state index contributed by atoms with van der Waals surface area (Å²) in [6.45, 7) is 3.84. The van der Waals surface area contributed by atoms with Crippen LogP contribution in [0.3, 0.4) is 0 Å². The summed E-state index contributed by atoms with van der Waals surface area (Å²) in [5, 5.41) is 10.2. The molecular formula is C10H17N3O2. The highest BCUT2D eigenvalue weighted by molar-refractivity contribution is 6.19. The molecule has 0 aromatic rings. The van der Waals surface area contributed by atoms with Crippen LogP contribution in [0.15, 0.2) is 0 Å². The van der Waals surface area contributed by atoms with Gasteiger partial charge in [-0.3, -0.25) is 20.4 Å². The number of nitrogens with zero attached hydrogens (tertiary/aromatic N) is 1. The van der Waals surface area contributed by atoms with Crippen LogP contribution in [0.25, 0.3) is 0 Å². The van der Waals surface area contributed by atoms with Gasteiger partial charge in [0.25, 0.3) is 0 Å². The highest BCUT2D eigenvalue weighted by atomic mass is 16.2. The molecule has 0 aromatic heterocycles. The first-order chi connectivity index (χ1) is 6.99. The third-order valence-corrected chi connectivity index (χ3v) is 3.03. The summed E-state index contributed by atoms with van der Waals surface area (Å²) in [7, 11) is 1.52. The molecule has 0 bridgehead atoms. The fourth-order valence-corrected chi connectivity index (χ4v) is 1.99. The number of imide groups is 1. The van der Waals surface area contributed by atoms with Crippen molar-refractivity contribution in [3.8, 4) is 0 Å². The van der Waals surface area contributed by atoms with Gasteiger partial charge in [0.15, 0.2) is 0 Å². The molecular weight excluding hydrogens is 194 g/mol. The zero-order chi connectivity index (χ0) is 11.6. The second-order valence-corrected chi connectivity index (χ2v) is 3.85. The lowest BCUT2D eigenvalue weighted by Crippen LogP contribution is -2.62. The minimum absolute atomic E-state index is 0.112. The Balaban J connectivity index is 3.09. The molecule has 5 heteroatoms. The van der Waals surface area contributed by atoms with E-state index >= 15 is 0 Å². The van der Waals surface area contributed by atoms with E-state index in [0.717, 1.165) is 6.42 Å². The Labute approximate surface area is 89.3 Å². The Morgan fingerprint density at radius 3 is 2.47 bits per heavy atom. The van der Waals surface area contributed by atoms with Gasteiger partial charge in [-0.05, 0) is 12.8 Å². The molecule has 0 unspecified atom stereocenters. The van der Waals surface area contributed by atoms with Crippen molar-refractivity contribution < 1.29 is 9.59 Å². The molecule has 15 heavy (non-hydrogen) atoms. The van der Waals surface area contributed by atoms with Gasteiger partial charge in [0.1, 0.15) is 11.3 Å². The lowest BCUT2D eigenvalue weighted by molar-refractivity contribution is -0.128. The fraction of sp³-hybridized carbons (Fsp3) is 0.700. The molecule has 1 saturated heterocycles. The number of carbonyl (C=O) groups excluding carboxylic acids is 2. The van der Waals surface area contributed by atoms with Gasteiger partial charge in [0, 0.05) is 7.05 Å². The number of hydrogen-bond acceptors (Lipinski definition) is 3. The van der Waals surface area contributed by atoms with Crippen molar-refractivity contribution in [3.63, 3.8) is 0 Å². The third kappa shape index (κ3) is 1.62. The fourth-order valence-electron chi connectivity index (χ4n) is 1.99. The average molecular weight is 211 g/mol. The summed E-state index contributed by atoms with van der Waals surface area (Å²) >= 11 is 0. The molecule has 1 heterocycles. The average Bonchev–Trinajstić information content (AvgIpc) is 2.21. The number of urea groups is 1. The smallest absolute Gasteiger partial charge is 0.287 e. The SMILES string of the molecule is CCC[C@]1(CC)C(=N)N(C)C(=O)NC1=O. The van der Waals surface area contributed by atoms with Crippen LogP contribution < -0.4 is 5.32 Å². The van der Waals surface area contributed by atoms with Gasteiger partial charge in [-0.1, -0.05) is 20.3 Å². The minimum Gasteiger partial charge on any atom is -0.287 e. The number of amides is 3. The number of nitrogens with one attached hydrogen (secondary N) is 2. The topological polar surface area (TPSA) is 73.3 Å². The maximum absolute atomic E-state index is 11.8. The van der Waals surface area contributed by atoms with E-state index in [1.54, 1.807) is 0 Å². The van der Waals surface area contributed by atoms with Crippen molar-refractivity contribution in [2.24, 2.45) is 5.41 Å². The molecule has 0 aliphatic carbocycles. The van der Waals surface area contributed by atoms with Crippen molar-refractivity contribution in [1.29, 1.82) is 5.41 Å². The van der Waals surface area contributed by atoms with Gasteiger partial charge < -0.3 is 0 Å². The number of carbonyl (C=O) groups is 2. The van der Waals surface area contributed by atoms with Crippen LogP contribution in [0.2, 0.25) is 0 Å². The lowest BCUT2D eigenvalue weighted by Gasteiger charge is -2.39. The molecule has 3 amide bonds. The Morgan fingerprint density at radius 1 is 1.40 bits per heavy atom. The third-order valence-electron chi connectivity index (χ3n) is 3.03. The quantitative estimate of drug-likeness (QED) is 0.739. The maximum Gasteiger partial charge on any atom is 0.329 e. The number of amidine groups is 1. The van der Waals surface area contributed by atoms with E-state index in [0.29, 0.717) is 12.8 Å². The van der Waals surface area contributed by atoms with E-state index in [2.05, 4.69) is 5.32 Å². The monoisotopic (exact) mass is 211 g/mol. The first-order valence-corrected chi connectivity index (χ1v) is 5.17. The summed E-state index contributed by atoms with van der Waals surface area (Å²) in [4.78, 5) is 24.3. The molecule has 0 saturated carbocycles. The van der Waals surface area contributed by atoms with Crippen molar-refractivity contribution in [2.45, 2.75) is 33.1 Å². The van der Waals surface area contributed by atoms with Gasteiger partial charge in [-0.25, -0.2) is 4.79 Å². The molecule has 1 rings (SSSR count). The minimum atomic E-state index is -0.822. The lowest BCUT2D eigenvalue weighted by atomic mass is 9.77. The molecule has 84 valence electrons. The van der Waals surface area contributed by atoms with E-state index in [4.69, 9.17) is 5.41 Å². The highest BCUT2D eigenvalue weighted by Crippen LogP contribution is 2.33. The van der Waals surface area contributed by atoms with Crippen LogP contribution in [0, 0.1) is 10.8 Å². The molecule has 1 atom stereocenters. The van der Waals surface area contributed by atoms with Crippen molar-refractivity contribution in [2.75, 3.05) is 7.05 Å². The number of rotatable bonds is 3. The Hall–Kier alpha value is -1.39. The maximum atomic E-state index is 11.8. The summed E-state index contributed by atoms with van der Waals surface area (Å²) in [6, 6.07) is -0.509. The van der Waals surface area contributed by atoms with Gasteiger partial charge in [0.2, 0.25) is 5.91 Å². The first kappa shape index (κ1) is 11.7. The largest absolute Gasteiger partial charge is 0.329 e. The van der Waals surface area contributed by atoms with Crippen molar-refractivity contribution in [3.05, 3.63) is 0 Å². The molecule has 1 fully saturated rings. The first-order valence-electron chi connectivity index (χ1n) is 5.17. The zero-order valence-electron chi connectivity index (χ0n) is 9.39. The molecule has 0 aromatic carbocycles. The van der Waals surface area contributed by atoms with E-state index in [9.17, 15) is 9.59 Å².